The molecule has 1 aromatic rings. The first-order valence-electron chi connectivity index (χ1n) is 5.11. The normalized spacial score (nSPS) is 10.8. The van der Waals surface area contributed by atoms with E-state index in [-0.39, 0.29) is 0 Å². The van der Waals surface area contributed by atoms with Gasteiger partial charge in [0.2, 0.25) is 0 Å². The highest BCUT2D eigenvalue weighted by molar-refractivity contribution is 6.45. The van der Waals surface area contributed by atoms with E-state index in [4.69, 9.17) is 0 Å². The van der Waals surface area contributed by atoms with Gasteiger partial charge in [-0.15, -0.1) is 5.67 Å². The smallest absolute Gasteiger partial charge is 0.0361 e. The van der Waals surface area contributed by atoms with Crippen molar-refractivity contribution in [1.82, 2.24) is 0 Å². The van der Waals surface area contributed by atoms with E-state index in [1.165, 1.54) is 24.1 Å². The lowest BCUT2D eigenvalue weighted by Gasteiger charge is -2.12. The minimum Gasteiger partial charge on any atom is -0.378 e. The average molecular weight is 205 g/mol. The van der Waals surface area contributed by atoms with Crippen LogP contribution in [0.15, 0.2) is 24.3 Å². The average Bonchev–Trinajstić information content (AvgIpc) is 2.19. The molecule has 0 aliphatic heterocycles. The van der Waals surface area contributed by atoms with Gasteiger partial charge in [0.25, 0.3) is 0 Å². The molecule has 2 heteroatoms. The van der Waals surface area contributed by atoms with Gasteiger partial charge in [-0.05, 0) is 39.7 Å². The zero-order chi connectivity index (χ0) is 10.4. The largest absolute Gasteiger partial charge is 0.378 e. The van der Waals surface area contributed by atoms with E-state index in [2.05, 4.69) is 55.5 Å². The van der Waals surface area contributed by atoms with E-state index in [1.807, 2.05) is 0 Å². The van der Waals surface area contributed by atoms with Gasteiger partial charge in [-0.2, -0.15) is 0 Å². The molecule has 0 saturated heterocycles. The Bertz CT molecular complexity index is 288. The molecular formula is C12H19NSi. The van der Waals surface area contributed by atoms with E-state index < -0.39 is 0 Å². The molecule has 0 N–H and O–H groups in total. The van der Waals surface area contributed by atoms with Crippen LogP contribution in [0.25, 0.3) is 0 Å². The van der Waals surface area contributed by atoms with Crippen molar-refractivity contribution >= 4 is 20.5 Å². The van der Waals surface area contributed by atoms with Crippen LogP contribution in [0.4, 0.5) is 5.69 Å². The molecule has 0 amide bonds. The Hall–Kier alpha value is -0.893. The quantitative estimate of drug-likeness (QED) is 0.679. The van der Waals surface area contributed by atoms with Gasteiger partial charge < -0.3 is 4.90 Å². The van der Waals surface area contributed by atoms with Crippen molar-refractivity contribution in [3.63, 3.8) is 0 Å². The predicted molar refractivity (Wildman–Crippen MR) is 68.2 cm³/mol. The van der Waals surface area contributed by atoms with Crippen LogP contribution in [0.2, 0.25) is 6.55 Å². The first-order valence-corrected chi connectivity index (χ1v) is 6.93. The SMILES string of the molecule is C[SiH]=CCCc1ccc(N(C)C)cc1. The van der Waals surface area contributed by atoms with Crippen LogP contribution in [-0.2, 0) is 6.42 Å². The summed E-state index contributed by atoms with van der Waals surface area (Å²) < 4.78 is 0. The summed E-state index contributed by atoms with van der Waals surface area (Å²) in [7, 11) is 4.70. The maximum atomic E-state index is 2.42. The fourth-order valence-corrected chi connectivity index (χ4v) is 1.88. The summed E-state index contributed by atoms with van der Waals surface area (Å²) in [5.74, 6) is 0. The summed E-state index contributed by atoms with van der Waals surface area (Å²) >= 11 is 0. The molecule has 0 bridgehead atoms. The molecular weight excluding hydrogens is 186 g/mol. The van der Waals surface area contributed by atoms with Crippen molar-refractivity contribution in [3.8, 4) is 0 Å². The molecule has 0 aliphatic rings. The molecule has 0 atom stereocenters. The van der Waals surface area contributed by atoms with Gasteiger partial charge in [0.15, 0.2) is 0 Å². The predicted octanol–water partition coefficient (Wildman–Crippen LogP) is 1.97. The van der Waals surface area contributed by atoms with E-state index >= 15 is 0 Å². The molecule has 1 aromatic carbocycles. The third kappa shape index (κ3) is 3.46. The summed E-state index contributed by atoms with van der Waals surface area (Å²) in [4.78, 5) is 2.13. The van der Waals surface area contributed by atoms with Crippen LogP contribution in [-0.4, -0.2) is 28.9 Å². The Labute approximate surface area is 89.2 Å². The zero-order valence-corrected chi connectivity index (χ0v) is 10.5. The van der Waals surface area contributed by atoms with Gasteiger partial charge in [0, 0.05) is 19.8 Å². The van der Waals surface area contributed by atoms with Gasteiger partial charge in [-0.3, -0.25) is 0 Å². The lowest BCUT2D eigenvalue weighted by molar-refractivity contribution is 1.06. The highest BCUT2D eigenvalue weighted by atomic mass is 28.2. The Morgan fingerprint density at radius 3 is 2.36 bits per heavy atom. The molecule has 0 radical (unpaired) electrons. The van der Waals surface area contributed by atoms with Gasteiger partial charge in [-0.1, -0.05) is 18.7 Å². The molecule has 14 heavy (non-hydrogen) atoms. The number of aryl methyl sites for hydroxylation is 1. The highest BCUT2D eigenvalue weighted by Crippen LogP contribution is 2.12. The Kier molecular flexibility index (Phi) is 4.60. The molecule has 0 heterocycles. The molecule has 0 unspecified atom stereocenters. The lowest BCUT2D eigenvalue weighted by Crippen LogP contribution is -2.08. The van der Waals surface area contributed by atoms with Gasteiger partial charge in [0.05, 0.1) is 0 Å². The van der Waals surface area contributed by atoms with Gasteiger partial charge >= 0.3 is 0 Å². The highest BCUT2D eigenvalue weighted by Gasteiger charge is 1.94. The van der Waals surface area contributed by atoms with E-state index in [0.717, 1.165) is 0 Å². The minimum atomic E-state index is 0.557. The van der Waals surface area contributed by atoms with Gasteiger partial charge in [0.1, 0.15) is 0 Å². The van der Waals surface area contributed by atoms with E-state index in [0.29, 0.717) is 9.13 Å². The fourth-order valence-electron chi connectivity index (χ4n) is 1.38. The second-order valence-corrected chi connectivity index (χ2v) is 4.81. The maximum absolute atomic E-state index is 2.42. The van der Waals surface area contributed by atoms with Crippen LogP contribution in [0, 0.1) is 0 Å². The third-order valence-electron chi connectivity index (χ3n) is 2.29. The topological polar surface area (TPSA) is 3.24 Å². The van der Waals surface area contributed by atoms with Crippen LogP contribution in [0.1, 0.15) is 12.0 Å². The van der Waals surface area contributed by atoms with Crippen molar-refractivity contribution in [1.29, 1.82) is 0 Å². The molecule has 1 rings (SSSR count). The minimum absolute atomic E-state index is 0.557. The molecule has 0 saturated carbocycles. The van der Waals surface area contributed by atoms with Crippen molar-refractivity contribution in [2.45, 2.75) is 19.4 Å². The summed E-state index contributed by atoms with van der Waals surface area (Å²) in [6.07, 6.45) is 2.42. The van der Waals surface area contributed by atoms with Crippen LogP contribution >= 0.6 is 0 Å². The number of anilines is 1. The second-order valence-electron chi connectivity index (χ2n) is 3.67. The van der Waals surface area contributed by atoms with Crippen LogP contribution in [0.3, 0.4) is 0 Å². The van der Waals surface area contributed by atoms with Crippen LogP contribution in [0.5, 0.6) is 0 Å². The summed E-state index contributed by atoms with van der Waals surface area (Å²) in [5.41, 5.74) is 5.14. The molecule has 76 valence electrons. The fraction of sp³-hybridized carbons (Fsp3) is 0.417. The Balaban J connectivity index is 2.55. The lowest BCUT2D eigenvalue weighted by atomic mass is 10.1. The number of benzene rings is 1. The maximum Gasteiger partial charge on any atom is 0.0361 e. The number of nitrogens with zero attached hydrogens (tertiary/aromatic N) is 1. The Morgan fingerprint density at radius 2 is 1.86 bits per heavy atom. The summed E-state index contributed by atoms with van der Waals surface area (Å²) in [6.45, 7) is 2.27. The standard InChI is InChI=1S/C12H19NSi/c1-13(2)12-8-6-11(7-9-12)5-4-10-14-3/h6-10,14H,4-5H2,1-3H3. The summed E-state index contributed by atoms with van der Waals surface area (Å²) in [6, 6.07) is 8.84. The monoisotopic (exact) mass is 205 g/mol. The van der Waals surface area contributed by atoms with Crippen molar-refractivity contribution in [2.75, 3.05) is 19.0 Å². The first kappa shape index (κ1) is 11.2. The number of hydrogen-bond acceptors (Lipinski definition) is 1. The van der Waals surface area contributed by atoms with Crippen LogP contribution < -0.4 is 4.90 Å². The molecule has 0 aromatic heterocycles. The molecule has 0 fully saturated rings. The number of hydrogen-bond donors (Lipinski definition) is 0. The molecule has 1 nitrogen and oxygen atoms in total. The van der Waals surface area contributed by atoms with E-state index in [1.54, 1.807) is 0 Å². The number of rotatable bonds is 4. The van der Waals surface area contributed by atoms with Crippen molar-refractivity contribution in [3.05, 3.63) is 29.8 Å². The molecule has 0 spiro atoms. The molecule has 0 aliphatic carbocycles. The Morgan fingerprint density at radius 1 is 1.21 bits per heavy atom. The van der Waals surface area contributed by atoms with Gasteiger partial charge in [-0.25, -0.2) is 0 Å². The summed E-state index contributed by atoms with van der Waals surface area (Å²) in [5, 5.41) is 0. The van der Waals surface area contributed by atoms with Crippen molar-refractivity contribution in [2.24, 2.45) is 0 Å². The first-order chi connectivity index (χ1) is 6.74. The zero-order valence-electron chi connectivity index (χ0n) is 9.33. The van der Waals surface area contributed by atoms with E-state index in [9.17, 15) is 0 Å². The second kappa shape index (κ2) is 5.76. The van der Waals surface area contributed by atoms with Crippen molar-refractivity contribution < 1.29 is 0 Å². The third-order valence-corrected chi connectivity index (χ3v) is 3.09.